The van der Waals surface area contributed by atoms with Crippen LogP contribution in [0.3, 0.4) is 0 Å². The predicted molar refractivity (Wildman–Crippen MR) is 69.9 cm³/mol. The number of aliphatic hydroxyl groups excluding tert-OH is 1. The van der Waals surface area contributed by atoms with E-state index in [0.717, 1.165) is 12.3 Å². The molecule has 2 bridgehead atoms. The molecule has 0 heterocycles. The largest absolute Gasteiger partial charge is 0.393 e. The molecule has 2 fully saturated rings. The molecule has 0 aliphatic heterocycles. The van der Waals surface area contributed by atoms with Crippen molar-refractivity contribution in [2.75, 3.05) is 0 Å². The van der Waals surface area contributed by atoms with E-state index in [1.807, 2.05) is 6.92 Å². The fraction of sp³-hybridized carbons (Fsp3) is 1.00. The Bertz CT molecular complexity index is 285. The highest BCUT2D eigenvalue weighted by atomic mass is 16.5. The van der Waals surface area contributed by atoms with Gasteiger partial charge >= 0.3 is 0 Å². The van der Waals surface area contributed by atoms with Crippen LogP contribution in [-0.4, -0.2) is 23.4 Å². The Kier molecular flexibility index (Phi) is 3.33. The van der Waals surface area contributed by atoms with Crippen molar-refractivity contribution in [3.05, 3.63) is 0 Å². The van der Waals surface area contributed by atoms with E-state index in [1.54, 1.807) is 0 Å². The molecule has 0 aromatic carbocycles. The maximum Gasteiger partial charge on any atom is 0.0640 e. The smallest absolute Gasteiger partial charge is 0.0640 e. The van der Waals surface area contributed by atoms with Crippen LogP contribution in [0.4, 0.5) is 0 Å². The summed E-state index contributed by atoms with van der Waals surface area (Å²) >= 11 is 0. The van der Waals surface area contributed by atoms with E-state index in [-0.39, 0.29) is 12.2 Å². The van der Waals surface area contributed by atoms with Crippen molar-refractivity contribution in [2.45, 2.75) is 78.6 Å². The first-order valence-electron chi connectivity index (χ1n) is 7.11. The van der Waals surface area contributed by atoms with Crippen LogP contribution in [0.5, 0.6) is 0 Å². The van der Waals surface area contributed by atoms with Crippen molar-refractivity contribution < 1.29 is 9.84 Å². The molecule has 100 valence electrons. The third-order valence-corrected chi connectivity index (χ3v) is 5.78. The summed E-state index contributed by atoms with van der Waals surface area (Å²) in [5, 5.41) is 9.42. The Morgan fingerprint density at radius 2 is 1.94 bits per heavy atom. The minimum atomic E-state index is -0.260. The maximum atomic E-state index is 9.42. The molecule has 0 aromatic heterocycles. The maximum absolute atomic E-state index is 9.42. The zero-order valence-corrected chi connectivity index (χ0v) is 12.0. The van der Waals surface area contributed by atoms with Gasteiger partial charge in [0, 0.05) is 0 Å². The Labute approximate surface area is 106 Å². The molecule has 0 amide bonds. The van der Waals surface area contributed by atoms with Crippen molar-refractivity contribution in [2.24, 2.45) is 16.7 Å². The topological polar surface area (TPSA) is 29.5 Å². The minimum absolute atomic E-state index is 0.173. The molecule has 2 nitrogen and oxygen atoms in total. The summed E-state index contributed by atoms with van der Waals surface area (Å²) in [6.07, 6.45) is 4.94. The van der Waals surface area contributed by atoms with Crippen molar-refractivity contribution >= 4 is 0 Å². The van der Waals surface area contributed by atoms with E-state index in [2.05, 4.69) is 27.7 Å². The minimum Gasteiger partial charge on any atom is -0.393 e. The average molecular weight is 240 g/mol. The fourth-order valence-electron chi connectivity index (χ4n) is 4.15. The molecule has 2 rings (SSSR count). The first-order chi connectivity index (χ1) is 7.77. The van der Waals surface area contributed by atoms with Gasteiger partial charge in [-0.2, -0.15) is 0 Å². The van der Waals surface area contributed by atoms with E-state index >= 15 is 0 Å². The van der Waals surface area contributed by atoms with Crippen LogP contribution in [-0.2, 0) is 4.74 Å². The highest BCUT2D eigenvalue weighted by Gasteiger charge is 2.62. The van der Waals surface area contributed by atoms with Crippen LogP contribution in [0.25, 0.3) is 0 Å². The van der Waals surface area contributed by atoms with Gasteiger partial charge in [0.25, 0.3) is 0 Å². The second-order valence-electron chi connectivity index (χ2n) is 7.13. The molecule has 0 radical (unpaired) electrons. The van der Waals surface area contributed by atoms with E-state index < -0.39 is 0 Å². The molecule has 0 aromatic rings. The Balaban J connectivity index is 2.01. The van der Waals surface area contributed by atoms with Crippen LogP contribution in [0.2, 0.25) is 0 Å². The van der Waals surface area contributed by atoms with E-state index in [1.165, 1.54) is 19.3 Å². The summed E-state index contributed by atoms with van der Waals surface area (Å²) in [4.78, 5) is 0. The van der Waals surface area contributed by atoms with Crippen LogP contribution in [0, 0.1) is 16.7 Å². The van der Waals surface area contributed by atoms with Gasteiger partial charge in [0.05, 0.1) is 18.3 Å². The number of aliphatic hydroxyl groups is 1. The van der Waals surface area contributed by atoms with Gasteiger partial charge in [0.15, 0.2) is 0 Å². The van der Waals surface area contributed by atoms with Crippen LogP contribution < -0.4 is 0 Å². The second kappa shape index (κ2) is 4.24. The quantitative estimate of drug-likeness (QED) is 0.816. The summed E-state index contributed by atoms with van der Waals surface area (Å²) < 4.78 is 6.23. The zero-order valence-electron chi connectivity index (χ0n) is 12.0. The molecule has 0 saturated heterocycles. The number of fused-ring (bicyclic) bond motifs is 2. The van der Waals surface area contributed by atoms with Gasteiger partial charge in [0.2, 0.25) is 0 Å². The molecule has 0 spiro atoms. The van der Waals surface area contributed by atoms with Crippen LogP contribution in [0.15, 0.2) is 0 Å². The molecule has 2 aliphatic rings. The standard InChI is InChI=1S/C15H28O2/c1-10(16)8-11(2)17-13-9-12-6-7-15(13,5)14(12,3)4/h10-13,16H,6-9H2,1-5H3. The van der Waals surface area contributed by atoms with Crippen molar-refractivity contribution in [1.29, 1.82) is 0 Å². The van der Waals surface area contributed by atoms with E-state index in [0.29, 0.717) is 16.9 Å². The molecule has 2 aliphatic carbocycles. The highest BCUT2D eigenvalue weighted by Crippen LogP contribution is 2.66. The number of ether oxygens (including phenoxy) is 1. The molecular formula is C15H28O2. The van der Waals surface area contributed by atoms with Gasteiger partial charge < -0.3 is 9.84 Å². The van der Waals surface area contributed by atoms with Gasteiger partial charge in [-0.05, 0) is 56.3 Å². The summed E-state index contributed by atoms with van der Waals surface area (Å²) in [7, 11) is 0. The van der Waals surface area contributed by atoms with Crippen molar-refractivity contribution in [3.8, 4) is 0 Å². The lowest BCUT2D eigenvalue weighted by Crippen LogP contribution is -2.39. The first kappa shape index (κ1) is 13.4. The summed E-state index contributed by atoms with van der Waals surface area (Å²) in [5.74, 6) is 0.830. The Hall–Kier alpha value is -0.0800. The normalized spacial score (nSPS) is 42.7. The molecule has 5 atom stereocenters. The van der Waals surface area contributed by atoms with Gasteiger partial charge in [0.1, 0.15) is 0 Å². The van der Waals surface area contributed by atoms with Gasteiger partial charge in [-0.1, -0.05) is 20.8 Å². The van der Waals surface area contributed by atoms with Crippen molar-refractivity contribution in [3.63, 3.8) is 0 Å². The predicted octanol–water partition coefficient (Wildman–Crippen LogP) is 3.38. The van der Waals surface area contributed by atoms with Gasteiger partial charge in [-0.15, -0.1) is 0 Å². The van der Waals surface area contributed by atoms with Gasteiger partial charge in [-0.25, -0.2) is 0 Å². The molecule has 2 heteroatoms. The molecule has 1 N–H and O–H groups in total. The molecular weight excluding hydrogens is 212 g/mol. The third kappa shape index (κ3) is 2.04. The first-order valence-corrected chi connectivity index (χ1v) is 7.11. The number of hydrogen-bond acceptors (Lipinski definition) is 2. The number of hydrogen-bond donors (Lipinski definition) is 1. The highest BCUT2D eigenvalue weighted by molar-refractivity contribution is 5.11. The third-order valence-electron chi connectivity index (χ3n) is 5.78. The lowest BCUT2D eigenvalue weighted by Gasteiger charge is -2.40. The van der Waals surface area contributed by atoms with E-state index in [9.17, 15) is 5.11 Å². The SMILES string of the molecule is CC(O)CC(C)OC1CC2CCC1(C)C2(C)C. The Morgan fingerprint density at radius 3 is 2.35 bits per heavy atom. The van der Waals surface area contributed by atoms with Gasteiger partial charge in [-0.3, -0.25) is 0 Å². The molecule has 17 heavy (non-hydrogen) atoms. The summed E-state index contributed by atoms with van der Waals surface area (Å²) in [6, 6.07) is 0. The fourth-order valence-corrected chi connectivity index (χ4v) is 4.15. The van der Waals surface area contributed by atoms with Crippen LogP contribution in [0.1, 0.15) is 60.3 Å². The molecule has 5 unspecified atom stereocenters. The van der Waals surface area contributed by atoms with E-state index in [4.69, 9.17) is 4.74 Å². The summed E-state index contributed by atoms with van der Waals surface area (Å²) in [6.45, 7) is 11.2. The van der Waals surface area contributed by atoms with Crippen LogP contribution >= 0.6 is 0 Å². The Morgan fingerprint density at radius 1 is 1.29 bits per heavy atom. The lowest BCUT2D eigenvalue weighted by atomic mass is 9.70. The monoisotopic (exact) mass is 240 g/mol. The lowest BCUT2D eigenvalue weighted by molar-refractivity contribution is -0.0902. The van der Waals surface area contributed by atoms with Crippen molar-refractivity contribution in [1.82, 2.24) is 0 Å². The second-order valence-corrected chi connectivity index (χ2v) is 7.13. The number of rotatable bonds is 4. The average Bonchev–Trinajstić information content (AvgIpc) is 2.49. The molecule has 2 saturated carbocycles. The zero-order chi connectivity index (χ0) is 12.8. The summed E-state index contributed by atoms with van der Waals surface area (Å²) in [5.41, 5.74) is 0.757.